The maximum Gasteiger partial charge on any atom is 0.254 e. The second-order valence-electron chi connectivity index (χ2n) is 8.50. The number of amides is 1. The quantitative estimate of drug-likeness (QED) is 0.597. The molecule has 0 saturated carbocycles. The number of halogens is 2. The van der Waals surface area contributed by atoms with Crippen molar-refractivity contribution in [1.29, 1.82) is 0 Å². The monoisotopic (exact) mass is 443 g/mol. The average Bonchev–Trinajstić information content (AvgIpc) is 3.09. The maximum atomic E-state index is 13.6. The van der Waals surface area contributed by atoms with Gasteiger partial charge in [-0.25, -0.2) is 0 Å². The maximum absolute atomic E-state index is 13.6. The second kappa shape index (κ2) is 8.26. The van der Waals surface area contributed by atoms with Crippen molar-refractivity contribution in [3.05, 3.63) is 59.1 Å². The molecule has 1 amide bonds. The van der Waals surface area contributed by atoms with Crippen molar-refractivity contribution in [2.45, 2.75) is 43.8 Å². The van der Waals surface area contributed by atoms with Crippen molar-refractivity contribution >= 4 is 40.8 Å². The summed E-state index contributed by atoms with van der Waals surface area (Å²) in [6.07, 6.45) is 4.55. The van der Waals surface area contributed by atoms with Gasteiger partial charge in [-0.15, -0.1) is 12.4 Å². The number of fused-ring (bicyclic) bond motifs is 3. The summed E-state index contributed by atoms with van der Waals surface area (Å²) in [5, 5.41) is 4.93. The number of hydrogen-bond donors (Lipinski definition) is 1. The third-order valence-corrected chi connectivity index (χ3v) is 7.10. The number of aromatic nitrogens is 1. The van der Waals surface area contributed by atoms with E-state index in [0.29, 0.717) is 17.1 Å². The molecule has 3 atom stereocenters. The third-order valence-electron chi connectivity index (χ3n) is 6.87. The number of nitrogens with zero attached hydrogens (tertiary/aromatic N) is 2. The summed E-state index contributed by atoms with van der Waals surface area (Å²) in [6.45, 7) is 0. The number of benzene rings is 2. The Hall–Kier alpha value is -2.01. The van der Waals surface area contributed by atoms with Crippen molar-refractivity contribution in [2.75, 3.05) is 7.05 Å². The van der Waals surface area contributed by atoms with E-state index in [1.807, 2.05) is 43.4 Å². The first-order valence-electron chi connectivity index (χ1n) is 10.4. The Kier molecular flexibility index (Phi) is 5.84. The first-order valence-corrected chi connectivity index (χ1v) is 10.8. The Morgan fingerprint density at radius 2 is 1.70 bits per heavy atom. The number of aryl methyl sites for hydroxylation is 1. The van der Waals surface area contributed by atoms with Crippen LogP contribution in [0.5, 0.6) is 0 Å². The first kappa shape index (κ1) is 21.2. The smallest absolute Gasteiger partial charge is 0.254 e. The highest BCUT2D eigenvalue weighted by Gasteiger charge is 2.39. The van der Waals surface area contributed by atoms with Crippen LogP contribution in [0.1, 0.15) is 36.0 Å². The first-order chi connectivity index (χ1) is 14.0. The number of piperidine rings is 1. The number of nitrogens with one attached hydrogen (secondary N) is 1. The molecule has 1 aromatic heterocycles. The van der Waals surface area contributed by atoms with E-state index in [0.717, 1.165) is 40.6 Å². The van der Waals surface area contributed by atoms with Crippen LogP contribution in [0.25, 0.3) is 22.2 Å². The molecule has 2 aliphatic heterocycles. The van der Waals surface area contributed by atoms with E-state index in [9.17, 15) is 4.79 Å². The van der Waals surface area contributed by atoms with Crippen LogP contribution in [0.15, 0.2) is 48.5 Å². The Morgan fingerprint density at radius 3 is 2.37 bits per heavy atom. The summed E-state index contributed by atoms with van der Waals surface area (Å²) >= 11 is 6.31. The molecule has 2 saturated heterocycles. The molecule has 3 aromatic rings. The SMILES string of the molecule is CN1[C@@H]2CC[C@H]1CC(NC(=O)c1c(-c3ccccc3)n(C)c3ccc(Cl)cc13)C2.Cl. The fourth-order valence-corrected chi connectivity index (χ4v) is 5.54. The minimum atomic E-state index is 0. The summed E-state index contributed by atoms with van der Waals surface area (Å²) in [7, 11) is 4.24. The Bertz CT molecular complexity index is 1060. The molecule has 6 heteroatoms. The van der Waals surface area contributed by atoms with Crippen LogP contribution in [0.3, 0.4) is 0 Å². The van der Waals surface area contributed by atoms with Gasteiger partial charge in [0.05, 0.1) is 11.3 Å². The summed E-state index contributed by atoms with van der Waals surface area (Å²) in [4.78, 5) is 16.1. The van der Waals surface area contributed by atoms with Gasteiger partial charge < -0.3 is 14.8 Å². The highest BCUT2D eigenvalue weighted by molar-refractivity contribution is 6.31. The summed E-state index contributed by atoms with van der Waals surface area (Å²) in [5.41, 5.74) is 3.72. The van der Waals surface area contributed by atoms with Crippen LogP contribution in [-0.4, -0.2) is 40.5 Å². The van der Waals surface area contributed by atoms with Gasteiger partial charge in [0.15, 0.2) is 0 Å². The van der Waals surface area contributed by atoms with Gasteiger partial charge in [0.2, 0.25) is 0 Å². The Morgan fingerprint density at radius 1 is 1.03 bits per heavy atom. The predicted octanol–water partition coefficient (Wildman–Crippen LogP) is 5.28. The molecular weight excluding hydrogens is 417 g/mol. The Labute approximate surface area is 188 Å². The molecule has 0 radical (unpaired) electrons. The normalized spacial score (nSPS) is 23.4. The van der Waals surface area contributed by atoms with Crippen LogP contribution in [-0.2, 0) is 7.05 Å². The van der Waals surface area contributed by atoms with Gasteiger partial charge in [-0.2, -0.15) is 0 Å². The van der Waals surface area contributed by atoms with Gasteiger partial charge in [0, 0.05) is 41.1 Å². The van der Waals surface area contributed by atoms with Crippen molar-refractivity contribution in [3.8, 4) is 11.3 Å². The zero-order valence-electron chi connectivity index (χ0n) is 17.3. The lowest BCUT2D eigenvalue weighted by Crippen LogP contribution is -2.48. The van der Waals surface area contributed by atoms with Crippen molar-refractivity contribution in [2.24, 2.45) is 7.05 Å². The lowest BCUT2D eigenvalue weighted by molar-refractivity contribution is 0.0884. The van der Waals surface area contributed by atoms with Gasteiger partial charge >= 0.3 is 0 Å². The Balaban J connectivity index is 0.00000218. The summed E-state index contributed by atoms with van der Waals surface area (Å²) < 4.78 is 2.11. The summed E-state index contributed by atoms with van der Waals surface area (Å²) in [5.74, 6) is 0.00525. The fraction of sp³-hybridized carbons (Fsp3) is 0.375. The van der Waals surface area contributed by atoms with Gasteiger partial charge in [-0.3, -0.25) is 4.79 Å². The lowest BCUT2D eigenvalue weighted by Gasteiger charge is -2.36. The van der Waals surface area contributed by atoms with Crippen molar-refractivity contribution in [3.63, 3.8) is 0 Å². The highest BCUT2D eigenvalue weighted by atomic mass is 35.5. The largest absolute Gasteiger partial charge is 0.349 e. The van der Waals surface area contributed by atoms with E-state index >= 15 is 0 Å². The minimum Gasteiger partial charge on any atom is -0.349 e. The predicted molar refractivity (Wildman–Crippen MR) is 126 cm³/mol. The molecule has 30 heavy (non-hydrogen) atoms. The van der Waals surface area contributed by atoms with Crippen LogP contribution < -0.4 is 5.32 Å². The molecular formula is C24H27Cl2N3O. The van der Waals surface area contributed by atoms with Crippen molar-refractivity contribution < 1.29 is 4.79 Å². The van der Waals surface area contributed by atoms with E-state index in [4.69, 9.17) is 11.6 Å². The second-order valence-corrected chi connectivity index (χ2v) is 8.94. The number of carbonyl (C=O) groups excluding carboxylic acids is 1. The summed E-state index contributed by atoms with van der Waals surface area (Å²) in [6, 6.07) is 17.3. The zero-order chi connectivity index (χ0) is 20.1. The topological polar surface area (TPSA) is 37.3 Å². The number of rotatable bonds is 3. The van der Waals surface area contributed by atoms with Crippen LogP contribution in [0, 0.1) is 0 Å². The minimum absolute atomic E-state index is 0. The molecule has 0 spiro atoms. The molecule has 0 aliphatic carbocycles. The van der Waals surface area contributed by atoms with E-state index in [1.165, 1.54) is 12.8 Å². The molecule has 1 unspecified atom stereocenters. The zero-order valence-corrected chi connectivity index (χ0v) is 18.8. The standard InChI is InChI=1S/C24H26ClN3O.ClH/c1-27-18-9-10-19(27)14-17(13-18)26-24(29)22-20-12-16(25)8-11-21(20)28(2)23(22)15-6-4-3-5-7-15;/h3-8,11-12,17-19H,9-10,13-14H2,1-2H3,(H,26,29);1H/t17?,18-,19+;. The van der Waals surface area contributed by atoms with E-state index < -0.39 is 0 Å². The molecule has 2 aromatic carbocycles. The van der Waals surface area contributed by atoms with E-state index in [1.54, 1.807) is 0 Å². The fourth-order valence-electron chi connectivity index (χ4n) is 5.37. The molecule has 4 nitrogen and oxygen atoms in total. The van der Waals surface area contributed by atoms with Crippen LogP contribution in [0.2, 0.25) is 5.02 Å². The van der Waals surface area contributed by atoms with Crippen LogP contribution >= 0.6 is 24.0 Å². The van der Waals surface area contributed by atoms with Gasteiger partial charge in [0.1, 0.15) is 0 Å². The van der Waals surface area contributed by atoms with Gasteiger partial charge in [-0.1, -0.05) is 41.9 Å². The lowest BCUT2D eigenvalue weighted by atomic mass is 9.97. The molecule has 2 fully saturated rings. The molecule has 2 aliphatic rings. The van der Waals surface area contributed by atoms with E-state index in [-0.39, 0.29) is 24.4 Å². The van der Waals surface area contributed by atoms with Crippen LogP contribution in [0.4, 0.5) is 0 Å². The van der Waals surface area contributed by atoms with E-state index in [2.05, 4.69) is 34.0 Å². The van der Waals surface area contributed by atoms with Gasteiger partial charge in [-0.05, 0) is 56.5 Å². The molecule has 158 valence electrons. The van der Waals surface area contributed by atoms with Crippen molar-refractivity contribution in [1.82, 2.24) is 14.8 Å². The highest BCUT2D eigenvalue weighted by Crippen LogP contribution is 2.37. The molecule has 5 rings (SSSR count). The average molecular weight is 444 g/mol. The number of carbonyl (C=O) groups is 1. The third kappa shape index (κ3) is 3.51. The van der Waals surface area contributed by atoms with Gasteiger partial charge in [0.25, 0.3) is 5.91 Å². The molecule has 3 heterocycles. The number of hydrogen-bond acceptors (Lipinski definition) is 2. The molecule has 1 N–H and O–H groups in total. The molecule has 2 bridgehead atoms.